The van der Waals surface area contributed by atoms with Crippen LogP contribution in [0.4, 0.5) is 0 Å². The second-order valence-electron chi connectivity index (χ2n) is 6.63. The molecule has 1 heterocycles. The minimum Gasteiger partial charge on any atom is -0.487 e. The van der Waals surface area contributed by atoms with Crippen molar-refractivity contribution < 1.29 is 22.4 Å². The van der Waals surface area contributed by atoms with Gasteiger partial charge in [-0.25, -0.2) is 0 Å². The highest BCUT2D eigenvalue weighted by Gasteiger charge is 2.33. The number of benzene rings is 2. The number of ether oxygens (including phenoxy) is 1. The van der Waals surface area contributed by atoms with Crippen LogP contribution in [-0.4, -0.2) is 19.1 Å². The van der Waals surface area contributed by atoms with Crippen molar-refractivity contribution in [2.24, 2.45) is 0 Å². The Bertz CT molecular complexity index is 853. The van der Waals surface area contributed by atoms with E-state index in [0.29, 0.717) is 17.7 Å². The molecule has 0 radical (unpaired) electrons. The average Bonchev–Trinajstić information content (AvgIpc) is 2.45. The van der Waals surface area contributed by atoms with Crippen molar-refractivity contribution >= 4 is 10.1 Å². The molecule has 0 fully saturated rings. The van der Waals surface area contributed by atoms with Gasteiger partial charge in [-0.15, -0.1) is 0 Å². The van der Waals surface area contributed by atoms with Gasteiger partial charge in [0.2, 0.25) is 0 Å². The zero-order chi connectivity index (χ0) is 17.5. The van der Waals surface area contributed by atoms with E-state index in [1.807, 2.05) is 20.8 Å². The van der Waals surface area contributed by atoms with Crippen molar-refractivity contribution in [2.45, 2.75) is 43.8 Å². The summed E-state index contributed by atoms with van der Waals surface area (Å²) in [4.78, 5) is 0.0899. The maximum Gasteiger partial charge on any atom is 0.339 e. The van der Waals surface area contributed by atoms with Gasteiger partial charge in [-0.1, -0.05) is 17.7 Å². The third kappa shape index (κ3) is 3.39. The summed E-state index contributed by atoms with van der Waals surface area (Å²) < 4.78 is 35.8. The van der Waals surface area contributed by atoms with Gasteiger partial charge >= 0.3 is 10.1 Å². The Hall–Kier alpha value is -2.05. The highest BCUT2D eigenvalue weighted by atomic mass is 32.2. The van der Waals surface area contributed by atoms with Crippen LogP contribution in [0, 0.1) is 6.92 Å². The quantitative estimate of drug-likeness (QED) is 0.861. The van der Waals surface area contributed by atoms with Crippen molar-refractivity contribution in [2.75, 3.05) is 0 Å². The zero-order valence-corrected chi connectivity index (χ0v) is 14.6. The fourth-order valence-electron chi connectivity index (χ4n) is 2.72. The summed E-state index contributed by atoms with van der Waals surface area (Å²) in [7, 11) is -3.92. The lowest BCUT2D eigenvalue weighted by atomic mass is 9.92. The molecule has 6 heteroatoms. The average molecular weight is 348 g/mol. The molecule has 2 aromatic carbocycles. The third-order valence-electron chi connectivity index (χ3n) is 3.93. The Morgan fingerprint density at radius 1 is 1.17 bits per heavy atom. The molecule has 128 valence electrons. The number of rotatable bonds is 3. The number of fused-ring (bicyclic) bond motifs is 1. The Kier molecular flexibility index (Phi) is 4.05. The molecule has 0 bridgehead atoms. The van der Waals surface area contributed by atoms with Gasteiger partial charge in [0.1, 0.15) is 22.0 Å². The molecule has 1 aliphatic rings. The van der Waals surface area contributed by atoms with Gasteiger partial charge in [-0.05, 0) is 45.0 Å². The minimum absolute atomic E-state index is 0.0899. The lowest BCUT2D eigenvalue weighted by Crippen LogP contribution is -2.34. The lowest BCUT2D eigenvalue weighted by molar-refractivity contribution is 0.0114. The van der Waals surface area contributed by atoms with Crippen LogP contribution in [0.25, 0.3) is 0 Å². The van der Waals surface area contributed by atoms with Gasteiger partial charge in [-0.2, -0.15) is 8.42 Å². The first-order valence-corrected chi connectivity index (χ1v) is 9.09. The van der Waals surface area contributed by atoms with E-state index < -0.39 is 21.8 Å². The smallest absolute Gasteiger partial charge is 0.339 e. The van der Waals surface area contributed by atoms with Crippen molar-refractivity contribution in [3.8, 4) is 11.5 Å². The standard InChI is InChI=1S/C18H20O5S/c1-12-4-7-14(8-5-12)24(20,21)23-13-6-9-15-16(19)11-18(2,3)22-17(15)10-13/h4-10,16,19H,11H2,1-3H3. The zero-order valence-electron chi connectivity index (χ0n) is 13.8. The summed E-state index contributed by atoms with van der Waals surface area (Å²) in [5, 5.41) is 10.2. The second-order valence-corrected chi connectivity index (χ2v) is 8.18. The molecular weight excluding hydrogens is 328 g/mol. The van der Waals surface area contributed by atoms with Crippen LogP contribution < -0.4 is 8.92 Å². The first kappa shape index (κ1) is 16.8. The maximum absolute atomic E-state index is 12.4. The molecule has 0 aromatic heterocycles. The van der Waals surface area contributed by atoms with Crippen molar-refractivity contribution in [1.82, 2.24) is 0 Å². The number of hydrogen-bond donors (Lipinski definition) is 1. The monoisotopic (exact) mass is 348 g/mol. The van der Waals surface area contributed by atoms with E-state index in [0.717, 1.165) is 5.56 Å². The summed E-state index contributed by atoms with van der Waals surface area (Å²) in [6, 6.07) is 11.1. The van der Waals surface area contributed by atoms with E-state index >= 15 is 0 Å². The fraction of sp³-hybridized carbons (Fsp3) is 0.333. The lowest BCUT2D eigenvalue weighted by Gasteiger charge is -2.35. The van der Waals surface area contributed by atoms with Crippen LogP contribution in [0.3, 0.4) is 0 Å². The van der Waals surface area contributed by atoms with Gasteiger partial charge in [-0.3, -0.25) is 0 Å². The van der Waals surface area contributed by atoms with E-state index in [2.05, 4.69) is 0 Å². The van der Waals surface area contributed by atoms with Gasteiger partial charge in [0.05, 0.1) is 6.10 Å². The van der Waals surface area contributed by atoms with Gasteiger partial charge in [0, 0.05) is 18.1 Å². The Morgan fingerprint density at radius 3 is 2.50 bits per heavy atom. The number of aliphatic hydroxyl groups excluding tert-OH is 1. The highest BCUT2D eigenvalue weighted by Crippen LogP contribution is 2.41. The summed E-state index contributed by atoms with van der Waals surface area (Å²) in [6.45, 7) is 5.62. The van der Waals surface area contributed by atoms with Crippen LogP contribution in [0.1, 0.15) is 37.5 Å². The Labute approximate surface area is 142 Å². The number of aryl methyl sites for hydroxylation is 1. The molecule has 0 saturated heterocycles. The molecule has 0 spiro atoms. The van der Waals surface area contributed by atoms with Crippen molar-refractivity contribution in [3.63, 3.8) is 0 Å². The molecule has 1 atom stereocenters. The predicted molar refractivity (Wildman–Crippen MR) is 89.7 cm³/mol. The topological polar surface area (TPSA) is 72.8 Å². The number of hydrogen-bond acceptors (Lipinski definition) is 5. The van der Waals surface area contributed by atoms with Crippen LogP contribution >= 0.6 is 0 Å². The van der Waals surface area contributed by atoms with E-state index in [1.54, 1.807) is 18.2 Å². The molecule has 0 saturated carbocycles. The summed E-state index contributed by atoms with van der Waals surface area (Å²) >= 11 is 0. The normalized spacial score (nSPS) is 19.2. The molecule has 1 aliphatic heterocycles. The fourth-order valence-corrected chi connectivity index (χ4v) is 3.65. The van der Waals surface area contributed by atoms with Crippen molar-refractivity contribution in [3.05, 3.63) is 53.6 Å². The van der Waals surface area contributed by atoms with Gasteiger partial charge in [0.25, 0.3) is 0 Å². The third-order valence-corrected chi connectivity index (χ3v) is 5.19. The highest BCUT2D eigenvalue weighted by molar-refractivity contribution is 7.87. The van der Waals surface area contributed by atoms with E-state index in [9.17, 15) is 13.5 Å². The molecule has 5 nitrogen and oxygen atoms in total. The summed E-state index contributed by atoms with van der Waals surface area (Å²) in [5.74, 6) is 0.592. The summed E-state index contributed by atoms with van der Waals surface area (Å²) in [6.07, 6.45) is -0.173. The van der Waals surface area contributed by atoms with Crippen LogP contribution in [0.2, 0.25) is 0 Å². The largest absolute Gasteiger partial charge is 0.487 e. The van der Waals surface area contributed by atoms with E-state index in [1.165, 1.54) is 24.3 Å². The minimum atomic E-state index is -3.92. The van der Waals surface area contributed by atoms with E-state index in [-0.39, 0.29) is 10.6 Å². The van der Waals surface area contributed by atoms with Crippen molar-refractivity contribution in [1.29, 1.82) is 0 Å². The molecule has 24 heavy (non-hydrogen) atoms. The summed E-state index contributed by atoms with van der Waals surface area (Å²) in [5.41, 5.74) is 1.07. The molecule has 1 unspecified atom stereocenters. The Morgan fingerprint density at radius 2 is 1.83 bits per heavy atom. The molecule has 3 rings (SSSR count). The SMILES string of the molecule is Cc1ccc(S(=O)(=O)Oc2ccc3c(c2)OC(C)(C)CC3O)cc1. The molecule has 2 aromatic rings. The second kappa shape index (κ2) is 5.79. The van der Waals surface area contributed by atoms with Crippen LogP contribution in [0.5, 0.6) is 11.5 Å². The van der Waals surface area contributed by atoms with Gasteiger partial charge in [0.15, 0.2) is 0 Å². The van der Waals surface area contributed by atoms with E-state index in [4.69, 9.17) is 8.92 Å². The van der Waals surface area contributed by atoms with Crippen LogP contribution in [-0.2, 0) is 10.1 Å². The van der Waals surface area contributed by atoms with Gasteiger partial charge < -0.3 is 14.0 Å². The predicted octanol–water partition coefficient (Wildman–Crippen LogP) is 3.36. The maximum atomic E-state index is 12.4. The molecular formula is C18H20O5S. The Balaban J connectivity index is 1.90. The first-order valence-electron chi connectivity index (χ1n) is 7.68. The molecule has 0 amide bonds. The first-order chi connectivity index (χ1) is 11.2. The number of aliphatic hydroxyl groups is 1. The van der Waals surface area contributed by atoms with Crippen LogP contribution in [0.15, 0.2) is 47.4 Å². The molecule has 1 N–H and O–H groups in total. The molecule has 0 aliphatic carbocycles.